The highest BCUT2D eigenvalue weighted by atomic mass is 16.5. The van der Waals surface area contributed by atoms with Crippen molar-refractivity contribution >= 4 is 18.0 Å². The monoisotopic (exact) mass is 319 g/mol. The summed E-state index contributed by atoms with van der Waals surface area (Å²) in [6.07, 6.45) is 2.36. The Hall–Kier alpha value is -2.50. The Morgan fingerprint density at radius 2 is 2.17 bits per heavy atom. The summed E-state index contributed by atoms with van der Waals surface area (Å²) in [4.78, 5) is 23.7. The molecule has 0 fully saturated rings. The van der Waals surface area contributed by atoms with E-state index in [4.69, 9.17) is 9.47 Å². The number of nitrogens with one attached hydrogen (secondary N) is 1. The molecule has 124 valence electrons. The Balaban J connectivity index is 2.20. The van der Waals surface area contributed by atoms with Gasteiger partial charge in [0.25, 0.3) is 5.91 Å². The zero-order valence-electron chi connectivity index (χ0n) is 13.5. The SMILES string of the molecule is CC[C@H](C)[C@H](NC(=O)C1=Cc2cccc(OC)c2OC1)C(=O)O. The molecule has 0 spiro atoms. The zero-order valence-corrected chi connectivity index (χ0v) is 13.5. The summed E-state index contributed by atoms with van der Waals surface area (Å²) < 4.78 is 10.8. The fourth-order valence-electron chi connectivity index (χ4n) is 2.39. The van der Waals surface area contributed by atoms with Crippen molar-refractivity contribution in [3.63, 3.8) is 0 Å². The van der Waals surface area contributed by atoms with Crippen LogP contribution in [0.5, 0.6) is 11.5 Å². The number of hydrogen-bond acceptors (Lipinski definition) is 4. The molecule has 0 saturated heterocycles. The average Bonchev–Trinajstić information content (AvgIpc) is 2.57. The van der Waals surface area contributed by atoms with Crippen LogP contribution in [-0.4, -0.2) is 36.7 Å². The molecule has 1 aromatic rings. The maximum Gasteiger partial charge on any atom is 0.326 e. The van der Waals surface area contributed by atoms with Crippen LogP contribution >= 0.6 is 0 Å². The lowest BCUT2D eigenvalue weighted by molar-refractivity contribution is -0.142. The van der Waals surface area contributed by atoms with Gasteiger partial charge in [-0.25, -0.2) is 4.79 Å². The van der Waals surface area contributed by atoms with E-state index in [9.17, 15) is 14.7 Å². The predicted octanol–water partition coefficient (Wildman–Crippen LogP) is 2.09. The minimum absolute atomic E-state index is 0.0754. The maximum atomic E-state index is 12.3. The third-order valence-corrected chi connectivity index (χ3v) is 3.99. The number of hydrogen-bond donors (Lipinski definition) is 2. The van der Waals surface area contributed by atoms with Crippen LogP contribution in [0, 0.1) is 5.92 Å². The van der Waals surface area contributed by atoms with E-state index in [-0.39, 0.29) is 12.5 Å². The van der Waals surface area contributed by atoms with Gasteiger partial charge >= 0.3 is 5.97 Å². The molecular formula is C17H21NO5. The third kappa shape index (κ3) is 3.64. The quantitative estimate of drug-likeness (QED) is 0.838. The second kappa shape index (κ2) is 7.17. The molecule has 6 heteroatoms. The van der Waals surface area contributed by atoms with Crippen molar-refractivity contribution in [1.29, 1.82) is 0 Å². The van der Waals surface area contributed by atoms with E-state index in [1.54, 1.807) is 32.2 Å². The van der Waals surface area contributed by atoms with E-state index in [1.807, 2.05) is 13.0 Å². The van der Waals surface area contributed by atoms with Gasteiger partial charge in [0.15, 0.2) is 11.5 Å². The molecule has 23 heavy (non-hydrogen) atoms. The molecule has 0 radical (unpaired) electrons. The molecule has 1 heterocycles. The van der Waals surface area contributed by atoms with Crippen LogP contribution < -0.4 is 14.8 Å². The van der Waals surface area contributed by atoms with Crippen LogP contribution in [0.15, 0.2) is 23.8 Å². The number of methoxy groups -OCH3 is 1. The van der Waals surface area contributed by atoms with Crippen LogP contribution in [0.1, 0.15) is 25.8 Å². The highest BCUT2D eigenvalue weighted by Gasteiger charge is 2.28. The van der Waals surface area contributed by atoms with Crippen molar-refractivity contribution in [2.45, 2.75) is 26.3 Å². The number of benzene rings is 1. The van der Waals surface area contributed by atoms with E-state index in [0.29, 0.717) is 23.5 Å². The fourth-order valence-corrected chi connectivity index (χ4v) is 2.39. The predicted molar refractivity (Wildman–Crippen MR) is 85.5 cm³/mol. The lowest BCUT2D eigenvalue weighted by atomic mass is 9.98. The van der Waals surface area contributed by atoms with Gasteiger partial charge in [-0.3, -0.25) is 4.79 Å². The second-order valence-electron chi connectivity index (χ2n) is 5.51. The molecule has 0 unspecified atom stereocenters. The Bertz CT molecular complexity index is 638. The molecule has 1 aromatic carbocycles. The molecule has 0 bridgehead atoms. The summed E-state index contributed by atoms with van der Waals surface area (Å²) in [5.74, 6) is -0.434. The van der Waals surface area contributed by atoms with E-state index < -0.39 is 17.9 Å². The lowest BCUT2D eigenvalue weighted by Crippen LogP contribution is -2.46. The highest BCUT2D eigenvalue weighted by molar-refractivity contribution is 6.01. The molecule has 2 rings (SSSR count). The zero-order chi connectivity index (χ0) is 17.0. The first kappa shape index (κ1) is 16.9. The average molecular weight is 319 g/mol. The van der Waals surface area contributed by atoms with E-state index >= 15 is 0 Å². The van der Waals surface area contributed by atoms with Gasteiger partial charge in [-0.15, -0.1) is 0 Å². The minimum atomic E-state index is -1.04. The van der Waals surface area contributed by atoms with E-state index in [0.717, 1.165) is 5.56 Å². The molecule has 6 nitrogen and oxygen atoms in total. The lowest BCUT2D eigenvalue weighted by Gasteiger charge is -2.23. The Labute approximate surface area is 135 Å². The number of carbonyl (C=O) groups excluding carboxylic acids is 1. The van der Waals surface area contributed by atoms with Crippen molar-refractivity contribution in [2.24, 2.45) is 5.92 Å². The van der Waals surface area contributed by atoms with Gasteiger partial charge in [0.2, 0.25) is 0 Å². The smallest absolute Gasteiger partial charge is 0.326 e. The third-order valence-electron chi connectivity index (χ3n) is 3.99. The topological polar surface area (TPSA) is 84.9 Å². The fraction of sp³-hybridized carbons (Fsp3) is 0.412. The summed E-state index contributed by atoms with van der Waals surface area (Å²) in [7, 11) is 1.55. The van der Waals surface area contributed by atoms with Gasteiger partial charge in [0.1, 0.15) is 12.6 Å². The number of fused-ring (bicyclic) bond motifs is 1. The van der Waals surface area contributed by atoms with Crippen molar-refractivity contribution < 1.29 is 24.2 Å². The molecule has 0 aliphatic carbocycles. The number of carbonyl (C=O) groups is 2. The Morgan fingerprint density at radius 1 is 1.43 bits per heavy atom. The molecule has 1 amide bonds. The molecule has 2 atom stereocenters. The summed E-state index contributed by atoms with van der Waals surface area (Å²) in [6, 6.07) is 4.48. The van der Waals surface area contributed by atoms with Gasteiger partial charge in [-0.1, -0.05) is 32.4 Å². The van der Waals surface area contributed by atoms with Gasteiger partial charge < -0.3 is 19.9 Å². The van der Waals surface area contributed by atoms with Gasteiger partial charge in [-0.05, 0) is 18.1 Å². The van der Waals surface area contributed by atoms with Crippen LogP contribution in [0.4, 0.5) is 0 Å². The molecular weight excluding hydrogens is 298 g/mol. The van der Waals surface area contributed by atoms with Gasteiger partial charge in [0, 0.05) is 5.56 Å². The number of para-hydroxylation sites is 1. The first-order valence-electron chi connectivity index (χ1n) is 7.52. The first-order chi connectivity index (χ1) is 11.0. The minimum Gasteiger partial charge on any atom is -0.493 e. The van der Waals surface area contributed by atoms with Crippen LogP contribution in [0.3, 0.4) is 0 Å². The number of amides is 1. The Kier molecular flexibility index (Phi) is 5.26. The summed E-state index contributed by atoms with van der Waals surface area (Å²) in [6.45, 7) is 3.76. The van der Waals surface area contributed by atoms with Crippen molar-refractivity contribution in [2.75, 3.05) is 13.7 Å². The number of rotatable bonds is 6. The maximum absolute atomic E-state index is 12.3. The molecule has 1 aliphatic rings. The van der Waals surface area contributed by atoms with Crippen LogP contribution in [0.2, 0.25) is 0 Å². The first-order valence-corrected chi connectivity index (χ1v) is 7.52. The van der Waals surface area contributed by atoms with Crippen molar-refractivity contribution in [1.82, 2.24) is 5.32 Å². The largest absolute Gasteiger partial charge is 0.493 e. The molecule has 2 N–H and O–H groups in total. The number of ether oxygens (including phenoxy) is 2. The number of carboxylic acid groups (broad SMARTS) is 1. The summed E-state index contributed by atoms with van der Waals surface area (Å²) in [5.41, 5.74) is 1.12. The number of carboxylic acids is 1. The van der Waals surface area contributed by atoms with Crippen LogP contribution in [-0.2, 0) is 9.59 Å². The van der Waals surface area contributed by atoms with E-state index in [1.165, 1.54) is 0 Å². The Morgan fingerprint density at radius 3 is 2.78 bits per heavy atom. The second-order valence-corrected chi connectivity index (χ2v) is 5.51. The normalized spacial score (nSPS) is 15.5. The standard InChI is InChI=1S/C17H21NO5/c1-4-10(2)14(17(20)21)18-16(19)12-8-11-6-5-7-13(22-3)15(11)23-9-12/h5-8,10,14H,4,9H2,1-3H3,(H,18,19)(H,20,21)/t10-,14-/m0/s1. The van der Waals surface area contributed by atoms with Gasteiger partial charge in [-0.2, -0.15) is 0 Å². The van der Waals surface area contributed by atoms with Crippen molar-refractivity contribution in [3.05, 3.63) is 29.3 Å². The highest BCUT2D eigenvalue weighted by Crippen LogP contribution is 2.35. The van der Waals surface area contributed by atoms with Crippen molar-refractivity contribution in [3.8, 4) is 11.5 Å². The summed E-state index contributed by atoms with van der Waals surface area (Å²) in [5, 5.41) is 11.8. The molecule has 0 aromatic heterocycles. The molecule has 0 saturated carbocycles. The summed E-state index contributed by atoms with van der Waals surface area (Å²) >= 11 is 0. The number of aliphatic carboxylic acids is 1. The van der Waals surface area contributed by atoms with Gasteiger partial charge in [0.05, 0.1) is 12.7 Å². The van der Waals surface area contributed by atoms with E-state index in [2.05, 4.69) is 5.32 Å². The molecule has 1 aliphatic heterocycles. The van der Waals surface area contributed by atoms with Crippen LogP contribution in [0.25, 0.3) is 6.08 Å².